The lowest BCUT2D eigenvalue weighted by Gasteiger charge is -2.05. The predicted octanol–water partition coefficient (Wildman–Crippen LogP) is 2.41. The lowest BCUT2D eigenvalue weighted by Crippen LogP contribution is -2.06. The van der Waals surface area contributed by atoms with Crippen molar-refractivity contribution in [3.63, 3.8) is 0 Å². The summed E-state index contributed by atoms with van der Waals surface area (Å²) in [5.41, 5.74) is 0. The minimum absolute atomic E-state index is 0.568. The second-order valence-corrected chi connectivity index (χ2v) is 3.05. The Balaban J connectivity index is 3.50. The van der Waals surface area contributed by atoms with Gasteiger partial charge in [-0.15, -0.1) is 0 Å². The van der Waals surface area contributed by atoms with Crippen LogP contribution in [-0.4, -0.2) is 17.5 Å². The van der Waals surface area contributed by atoms with Crippen LogP contribution in [0.3, 0.4) is 0 Å². The van der Waals surface area contributed by atoms with Crippen LogP contribution in [0.1, 0.15) is 40.0 Å². The molecule has 66 valence electrons. The van der Waals surface area contributed by atoms with Gasteiger partial charge >= 0.3 is 0 Å². The van der Waals surface area contributed by atoms with Crippen molar-refractivity contribution in [3.8, 4) is 0 Å². The third kappa shape index (κ3) is 5.89. The quantitative estimate of drug-likeness (QED) is 0.260. The monoisotopic (exact) mass is 157 g/mol. The average Bonchev–Trinajstić information content (AvgIpc) is 2.01. The Morgan fingerprint density at radius 3 is 2.55 bits per heavy atom. The summed E-state index contributed by atoms with van der Waals surface area (Å²) >= 11 is 0. The van der Waals surface area contributed by atoms with E-state index >= 15 is 0 Å². The summed E-state index contributed by atoms with van der Waals surface area (Å²) in [6.45, 7) is 6.79. The molecule has 2 heteroatoms. The fourth-order valence-corrected chi connectivity index (χ4v) is 1.04. The van der Waals surface area contributed by atoms with Crippen LogP contribution >= 0.6 is 0 Å². The van der Waals surface area contributed by atoms with Crippen LogP contribution in [0.2, 0.25) is 0 Å². The van der Waals surface area contributed by atoms with Crippen molar-refractivity contribution in [1.82, 2.24) is 0 Å². The van der Waals surface area contributed by atoms with E-state index in [4.69, 9.17) is 0 Å². The van der Waals surface area contributed by atoms with Crippen molar-refractivity contribution in [2.24, 2.45) is 5.92 Å². The molecule has 0 saturated heterocycles. The Kier molecular flexibility index (Phi) is 5.90. The molecule has 0 rings (SSSR count). The van der Waals surface area contributed by atoms with Gasteiger partial charge in [0.25, 0.3) is 0 Å². The molecule has 0 aliphatic rings. The lowest BCUT2D eigenvalue weighted by atomic mass is 10.0. The van der Waals surface area contributed by atoms with E-state index in [1.807, 2.05) is 6.92 Å². The summed E-state index contributed by atoms with van der Waals surface area (Å²) in [5.74, 6) is 0.656. The van der Waals surface area contributed by atoms with Crippen molar-refractivity contribution < 1.29 is 4.74 Å². The molecular weight excluding hydrogens is 138 g/mol. The second kappa shape index (κ2) is 6.20. The molecule has 2 nitrogen and oxygen atoms in total. The van der Waals surface area contributed by atoms with Gasteiger partial charge in [0.2, 0.25) is 0 Å². The van der Waals surface area contributed by atoms with E-state index < -0.39 is 0 Å². The van der Waals surface area contributed by atoms with Gasteiger partial charge < -0.3 is 5.21 Å². The molecule has 11 heavy (non-hydrogen) atoms. The summed E-state index contributed by atoms with van der Waals surface area (Å²) < 4.78 is 1.01. The van der Waals surface area contributed by atoms with Gasteiger partial charge in [0.15, 0.2) is 6.21 Å². The Morgan fingerprint density at radius 1 is 1.45 bits per heavy atom. The third-order valence-electron chi connectivity index (χ3n) is 1.80. The molecule has 0 saturated carbocycles. The number of hydroxylamine groups is 1. The fraction of sp³-hybridized carbons (Fsp3) is 0.889. The zero-order chi connectivity index (χ0) is 8.69. The molecular formula is C9H19NO. The zero-order valence-electron chi connectivity index (χ0n) is 7.84. The van der Waals surface area contributed by atoms with E-state index in [1.165, 1.54) is 12.8 Å². The molecule has 0 amide bonds. The van der Waals surface area contributed by atoms with Crippen molar-refractivity contribution in [1.29, 1.82) is 0 Å². The summed E-state index contributed by atoms with van der Waals surface area (Å²) in [4.78, 5) is 0. The van der Waals surface area contributed by atoms with Crippen molar-refractivity contribution in [3.05, 3.63) is 5.21 Å². The van der Waals surface area contributed by atoms with Crippen molar-refractivity contribution in [2.45, 2.75) is 40.0 Å². The first-order valence-electron chi connectivity index (χ1n) is 4.47. The van der Waals surface area contributed by atoms with Crippen LogP contribution in [0, 0.1) is 11.1 Å². The summed E-state index contributed by atoms with van der Waals surface area (Å²) in [7, 11) is 0. The topological polar surface area (TPSA) is 26.1 Å². The first-order chi connectivity index (χ1) is 5.20. The van der Waals surface area contributed by atoms with Gasteiger partial charge in [-0.3, -0.25) is 0 Å². The number of rotatable bonds is 5. The van der Waals surface area contributed by atoms with Crippen LogP contribution in [0.15, 0.2) is 0 Å². The minimum atomic E-state index is 0.568. The number of nitrogens with zero attached hydrogens (tertiary/aromatic N) is 1. The van der Waals surface area contributed by atoms with Crippen molar-refractivity contribution in [2.75, 3.05) is 6.54 Å². The van der Waals surface area contributed by atoms with Crippen LogP contribution in [-0.2, 0) is 0 Å². The molecule has 0 spiro atoms. The van der Waals surface area contributed by atoms with E-state index in [9.17, 15) is 5.21 Å². The van der Waals surface area contributed by atoms with Crippen LogP contribution < -0.4 is 0 Å². The van der Waals surface area contributed by atoms with Gasteiger partial charge in [-0.2, -0.15) is 0 Å². The van der Waals surface area contributed by atoms with Gasteiger partial charge in [0.05, 0.1) is 0 Å². The molecule has 0 radical (unpaired) electrons. The van der Waals surface area contributed by atoms with Crippen molar-refractivity contribution >= 4 is 6.21 Å². The maximum Gasteiger partial charge on any atom is 0.151 e. The molecule has 0 N–H and O–H groups in total. The molecule has 0 aliphatic heterocycles. The van der Waals surface area contributed by atoms with Gasteiger partial charge in [-0.25, -0.2) is 4.74 Å². The highest BCUT2D eigenvalue weighted by Gasteiger charge is 1.99. The average molecular weight is 157 g/mol. The maximum absolute atomic E-state index is 10.8. The smallest absolute Gasteiger partial charge is 0.151 e. The highest BCUT2D eigenvalue weighted by Crippen LogP contribution is 2.07. The highest BCUT2D eigenvalue weighted by atomic mass is 16.5. The molecule has 0 aromatic heterocycles. The fourth-order valence-electron chi connectivity index (χ4n) is 1.04. The van der Waals surface area contributed by atoms with E-state index in [0.717, 1.165) is 11.2 Å². The number of hydrogen-bond acceptors (Lipinski definition) is 1. The van der Waals surface area contributed by atoms with E-state index in [1.54, 1.807) is 6.21 Å². The zero-order valence-corrected chi connectivity index (χ0v) is 7.84. The Bertz CT molecular complexity index is 121. The molecule has 0 fully saturated rings. The number of hydrogen-bond donors (Lipinski definition) is 0. The first-order valence-corrected chi connectivity index (χ1v) is 4.47. The predicted molar refractivity (Wildman–Crippen MR) is 48.9 cm³/mol. The summed E-state index contributed by atoms with van der Waals surface area (Å²) in [6.07, 6.45) is 5.10. The molecule has 0 aromatic carbocycles. The summed E-state index contributed by atoms with van der Waals surface area (Å²) in [5, 5.41) is 10.8. The van der Waals surface area contributed by atoms with Gasteiger partial charge in [-0.05, 0) is 12.8 Å². The molecule has 1 atom stereocenters. The van der Waals surface area contributed by atoms with Gasteiger partial charge in [0.1, 0.15) is 6.54 Å². The highest BCUT2D eigenvalue weighted by molar-refractivity contribution is 5.51. The Labute approximate surface area is 69.5 Å². The molecule has 0 aliphatic carbocycles. The minimum Gasteiger partial charge on any atom is -0.624 e. The Hall–Kier alpha value is -0.530. The van der Waals surface area contributed by atoms with E-state index in [-0.39, 0.29) is 0 Å². The van der Waals surface area contributed by atoms with Crippen LogP contribution in [0.5, 0.6) is 0 Å². The first kappa shape index (κ1) is 10.5. The Morgan fingerprint density at radius 2 is 2.09 bits per heavy atom. The van der Waals surface area contributed by atoms with E-state index in [0.29, 0.717) is 12.5 Å². The second-order valence-electron chi connectivity index (χ2n) is 3.05. The molecule has 0 bridgehead atoms. The standard InChI is InChI=1S/C9H19NO/c1-4-6-9(3)7-8-10(11)5-2/h8-9H,4-7H2,1-3H3/b10-8+. The SMILES string of the molecule is CCCC(C)C/C=[N+](/[O-])CC. The third-order valence-corrected chi connectivity index (χ3v) is 1.80. The molecule has 0 aromatic rings. The van der Waals surface area contributed by atoms with E-state index in [2.05, 4.69) is 13.8 Å². The van der Waals surface area contributed by atoms with Crippen LogP contribution in [0.25, 0.3) is 0 Å². The van der Waals surface area contributed by atoms with Gasteiger partial charge in [-0.1, -0.05) is 26.7 Å². The maximum atomic E-state index is 10.8. The van der Waals surface area contributed by atoms with Gasteiger partial charge in [0, 0.05) is 6.42 Å². The normalized spacial score (nSPS) is 15.0. The lowest BCUT2D eigenvalue weighted by molar-refractivity contribution is -0.449. The molecule has 1 unspecified atom stereocenters. The molecule has 0 heterocycles. The summed E-state index contributed by atoms with van der Waals surface area (Å²) in [6, 6.07) is 0. The largest absolute Gasteiger partial charge is 0.624 e. The van der Waals surface area contributed by atoms with Crippen LogP contribution in [0.4, 0.5) is 0 Å².